The van der Waals surface area contributed by atoms with Crippen molar-refractivity contribution in [2.75, 3.05) is 0 Å². The summed E-state index contributed by atoms with van der Waals surface area (Å²) in [6, 6.07) is 18.2. The summed E-state index contributed by atoms with van der Waals surface area (Å²) in [7, 11) is 0. The second-order valence-electron chi connectivity index (χ2n) is 3.13. The van der Waals surface area contributed by atoms with Crippen LogP contribution in [-0.2, 0) is 0 Å². The Kier molecular flexibility index (Phi) is 6.69. The molecule has 0 heterocycles. The van der Waals surface area contributed by atoms with Crippen molar-refractivity contribution in [1.29, 1.82) is 0 Å². The molecule has 0 aromatic heterocycles. The van der Waals surface area contributed by atoms with Crippen LogP contribution in [0.1, 0.15) is 0 Å². The van der Waals surface area contributed by atoms with Gasteiger partial charge in [0.05, 0.1) is 0 Å². The van der Waals surface area contributed by atoms with E-state index in [2.05, 4.69) is 46.8 Å². The van der Waals surface area contributed by atoms with E-state index >= 15 is 0 Å². The molecule has 0 saturated heterocycles. The molecular formula is C12H10BrNaS. The minimum absolute atomic E-state index is 1.02. The standard InChI is InChI=1S/C6H4Br.C6H6S.Na/c2*7-6-4-2-1-3-5-6;/h1-2,4-5H;1-5,7H;. The summed E-state index contributed by atoms with van der Waals surface area (Å²) in [6.45, 7) is 0. The molecule has 0 radical (unpaired) electrons. The molecule has 0 fully saturated rings. The van der Waals surface area contributed by atoms with Crippen molar-refractivity contribution >= 4 is 59.3 Å². The molecule has 0 amide bonds. The molecule has 2 aromatic rings. The van der Waals surface area contributed by atoms with Gasteiger partial charge >= 0.3 is 75.4 Å². The number of hydrogen-bond acceptors (Lipinski definition) is 1. The molecule has 2 rings (SSSR count). The Morgan fingerprint density at radius 1 is 0.933 bits per heavy atom. The van der Waals surface area contributed by atoms with Crippen molar-refractivity contribution in [2.24, 2.45) is 0 Å². The topological polar surface area (TPSA) is 0 Å². The summed E-state index contributed by atoms with van der Waals surface area (Å²) in [4.78, 5) is 1.02. The molecule has 0 atom stereocenters. The monoisotopic (exact) mass is 288 g/mol. The van der Waals surface area contributed by atoms with Gasteiger partial charge in [-0.25, -0.2) is 0 Å². The zero-order valence-corrected chi connectivity index (χ0v) is 13.0. The van der Waals surface area contributed by atoms with E-state index in [1.54, 1.807) is 0 Å². The van der Waals surface area contributed by atoms with Gasteiger partial charge in [0.25, 0.3) is 0 Å². The molecule has 0 aliphatic heterocycles. The van der Waals surface area contributed by atoms with E-state index in [0.29, 0.717) is 0 Å². The first kappa shape index (κ1) is 13.3. The number of hydrogen-bond donors (Lipinski definition) is 1. The number of rotatable bonds is 0. The minimum atomic E-state index is 1.02. The summed E-state index contributed by atoms with van der Waals surface area (Å²) < 4.78 is 2.62. The van der Waals surface area contributed by atoms with Crippen LogP contribution in [0.4, 0.5) is 0 Å². The molecule has 72 valence electrons. The van der Waals surface area contributed by atoms with Crippen molar-refractivity contribution in [3.63, 3.8) is 0 Å². The molecule has 0 bridgehead atoms. The first-order valence-electron chi connectivity index (χ1n) is 4.64. The van der Waals surface area contributed by atoms with Crippen molar-refractivity contribution in [3.05, 3.63) is 59.1 Å². The molecule has 0 nitrogen and oxygen atoms in total. The van der Waals surface area contributed by atoms with Crippen molar-refractivity contribution < 1.29 is 0 Å². The fraction of sp³-hybridized carbons (Fsp3) is 0. The Balaban J connectivity index is 0.000000151. The van der Waals surface area contributed by atoms with Crippen LogP contribution in [0, 0.1) is 0 Å². The fourth-order valence-corrected chi connectivity index (χ4v) is 2.65. The Hall–Kier alpha value is 0.270. The van der Waals surface area contributed by atoms with Gasteiger partial charge in [0.15, 0.2) is 0 Å². The van der Waals surface area contributed by atoms with Gasteiger partial charge in [-0.05, 0) is 12.1 Å². The van der Waals surface area contributed by atoms with Crippen LogP contribution >= 0.6 is 28.6 Å². The quantitative estimate of drug-likeness (QED) is 0.559. The zero-order chi connectivity index (χ0) is 11.1. The van der Waals surface area contributed by atoms with E-state index in [1.807, 2.05) is 36.4 Å². The van der Waals surface area contributed by atoms with E-state index in [-0.39, 0.29) is 0 Å². The third-order valence-corrected chi connectivity index (χ3v) is 3.15. The van der Waals surface area contributed by atoms with Gasteiger partial charge in [0.2, 0.25) is 0 Å². The summed E-state index contributed by atoms with van der Waals surface area (Å²) in [5.74, 6) is 0. The fourth-order valence-electron chi connectivity index (χ4n) is 1.03. The Morgan fingerprint density at radius 3 is 1.93 bits per heavy atom. The van der Waals surface area contributed by atoms with Crippen LogP contribution in [0.25, 0.3) is 0 Å². The van der Waals surface area contributed by atoms with E-state index in [4.69, 9.17) is 0 Å². The third kappa shape index (κ3) is 6.44. The van der Waals surface area contributed by atoms with Gasteiger partial charge in [-0.3, -0.25) is 0 Å². The summed E-state index contributed by atoms with van der Waals surface area (Å²) in [5.41, 5.74) is 0. The number of benzene rings is 2. The van der Waals surface area contributed by atoms with Gasteiger partial charge in [-0.1, -0.05) is 18.2 Å². The van der Waals surface area contributed by atoms with Crippen molar-refractivity contribution in [3.8, 4) is 0 Å². The maximum atomic E-state index is 4.08. The van der Waals surface area contributed by atoms with Crippen molar-refractivity contribution in [1.82, 2.24) is 0 Å². The summed E-state index contributed by atoms with van der Waals surface area (Å²) >= 11 is 8.61. The summed E-state index contributed by atoms with van der Waals surface area (Å²) in [6.07, 6.45) is 0. The van der Waals surface area contributed by atoms with E-state index in [9.17, 15) is 0 Å². The molecule has 0 aliphatic carbocycles. The van der Waals surface area contributed by atoms with Crippen LogP contribution in [0.5, 0.6) is 0 Å². The Bertz CT molecular complexity index is 386. The van der Waals surface area contributed by atoms with Crippen LogP contribution < -0.4 is 2.81 Å². The predicted molar refractivity (Wildman–Crippen MR) is 73.2 cm³/mol. The second-order valence-corrected chi connectivity index (χ2v) is 5.72. The van der Waals surface area contributed by atoms with E-state index < -0.39 is 0 Å². The Labute approximate surface area is 122 Å². The molecular weight excluding hydrogens is 279 g/mol. The molecule has 0 spiro atoms. The van der Waals surface area contributed by atoms with Gasteiger partial charge in [-0.15, -0.1) is 12.6 Å². The predicted octanol–water partition coefficient (Wildman–Crippen LogP) is 3.22. The van der Waals surface area contributed by atoms with Crippen LogP contribution in [-0.4, -0.2) is 27.9 Å². The van der Waals surface area contributed by atoms with Gasteiger partial charge in [0, 0.05) is 4.90 Å². The molecule has 0 aliphatic rings. The normalized spacial score (nSPS) is 9.07. The third-order valence-electron chi connectivity index (χ3n) is 1.74. The molecule has 0 N–H and O–H groups in total. The number of halogens is 1. The molecule has 0 saturated carbocycles. The second kappa shape index (κ2) is 7.53. The zero-order valence-electron chi connectivity index (χ0n) is 8.52. The van der Waals surface area contributed by atoms with Gasteiger partial charge in [-0.2, -0.15) is 0 Å². The summed E-state index contributed by atoms with van der Waals surface area (Å²) in [5, 5.41) is 0. The molecule has 3 heteroatoms. The van der Waals surface area contributed by atoms with Crippen LogP contribution in [0.3, 0.4) is 0 Å². The first-order valence-corrected chi connectivity index (χ1v) is 6.88. The maximum absolute atomic E-state index is 4.08. The molecule has 2 aromatic carbocycles. The average Bonchev–Trinajstić information content (AvgIpc) is 2.19. The molecule has 15 heavy (non-hydrogen) atoms. The SMILES string of the molecule is Sc1ccccc1.[Na][c]1cccc(Br)c1. The van der Waals surface area contributed by atoms with Crippen LogP contribution in [0.15, 0.2) is 64.0 Å². The number of thiol groups is 1. The van der Waals surface area contributed by atoms with Gasteiger partial charge in [0.1, 0.15) is 0 Å². The molecule has 0 unspecified atom stereocenters. The van der Waals surface area contributed by atoms with Crippen molar-refractivity contribution in [2.45, 2.75) is 4.90 Å². The Morgan fingerprint density at radius 2 is 1.60 bits per heavy atom. The van der Waals surface area contributed by atoms with Crippen LogP contribution in [0.2, 0.25) is 0 Å². The van der Waals surface area contributed by atoms with E-state index in [0.717, 1.165) is 32.8 Å². The van der Waals surface area contributed by atoms with E-state index in [1.165, 1.54) is 7.29 Å². The van der Waals surface area contributed by atoms with Gasteiger partial charge < -0.3 is 0 Å². The average molecular weight is 289 g/mol. The first-order chi connectivity index (χ1) is 7.18.